The predicted octanol–water partition coefficient (Wildman–Crippen LogP) is 2.61. The van der Waals surface area contributed by atoms with Gasteiger partial charge in [0, 0.05) is 24.0 Å². The summed E-state index contributed by atoms with van der Waals surface area (Å²) >= 11 is 1.66. The van der Waals surface area contributed by atoms with Crippen LogP contribution in [0.25, 0.3) is 0 Å². The Morgan fingerprint density at radius 1 is 1.33 bits per heavy atom. The van der Waals surface area contributed by atoms with Gasteiger partial charge in [-0.05, 0) is 19.4 Å². The minimum absolute atomic E-state index is 0.584. The van der Waals surface area contributed by atoms with Crippen LogP contribution in [0.3, 0.4) is 0 Å². The molecule has 2 heterocycles. The molecule has 0 aliphatic rings. The average molecular weight is 306 g/mol. The molecule has 2 aromatic rings. The molecular formula is C15H22N4OS. The number of hydrogen-bond donors (Lipinski definition) is 1. The van der Waals surface area contributed by atoms with Gasteiger partial charge in [0.15, 0.2) is 0 Å². The highest BCUT2D eigenvalue weighted by molar-refractivity contribution is 7.09. The highest BCUT2D eigenvalue weighted by atomic mass is 32.1. The van der Waals surface area contributed by atoms with Gasteiger partial charge in [0.05, 0.1) is 29.7 Å². The van der Waals surface area contributed by atoms with Crippen molar-refractivity contribution in [3.63, 3.8) is 0 Å². The monoisotopic (exact) mass is 306 g/mol. The first kappa shape index (κ1) is 15.9. The van der Waals surface area contributed by atoms with Crippen molar-refractivity contribution < 1.29 is 4.74 Å². The van der Waals surface area contributed by atoms with Gasteiger partial charge < -0.3 is 10.1 Å². The van der Waals surface area contributed by atoms with E-state index in [4.69, 9.17) is 4.74 Å². The second-order valence-electron chi connectivity index (χ2n) is 5.33. The molecule has 1 N–H and O–H groups in total. The molecule has 0 atom stereocenters. The number of aromatic nitrogens is 3. The Kier molecular flexibility index (Phi) is 6.07. The first-order valence-corrected chi connectivity index (χ1v) is 8.06. The summed E-state index contributed by atoms with van der Waals surface area (Å²) in [5, 5.41) is 3.35. The summed E-state index contributed by atoms with van der Waals surface area (Å²) in [5.74, 6) is 1.21. The first-order chi connectivity index (χ1) is 10.1. The van der Waals surface area contributed by atoms with E-state index in [1.807, 2.05) is 12.4 Å². The van der Waals surface area contributed by atoms with Gasteiger partial charge in [0.2, 0.25) is 5.88 Å². The van der Waals surface area contributed by atoms with Crippen molar-refractivity contribution in [1.29, 1.82) is 0 Å². The Balaban J connectivity index is 1.79. The second-order valence-corrected chi connectivity index (χ2v) is 6.27. The average Bonchev–Trinajstić information content (AvgIpc) is 2.85. The van der Waals surface area contributed by atoms with Crippen LogP contribution >= 0.6 is 11.3 Å². The third kappa shape index (κ3) is 5.40. The highest BCUT2D eigenvalue weighted by Gasteiger charge is 2.04. The Morgan fingerprint density at radius 3 is 2.90 bits per heavy atom. The van der Waals surface area contributed by atoms with Gasteiger partial charge in [-0.3, -0.25) is 4.98 Å². The van der Waals surface area contributed by atoms with Crippen molar-refractivity contribution in [2.24, 2.45) is 5.92 Å². The van der Waals surface area contributed by atoms with Crippen molar-refractivity contribution in [1.82, 2.24) is 20.3 Å². The van der Waals surface area contributed by atoms with Crippen molar-refractivity contribution in [2.75, 3.05) is 13.2 Å². The minimum Gasteiger partial charge on any atom is -0.476 e. The number of thiazole rings is 1. The molecule has 0 saturated heterocycles. The number of aryl methyl sites for hydroxylation is 1. The maximum Gasteiger partial charge on any atom is 0.232 e. The Hall–Kier alpha value is -1.53. The van der Waals surface area contributed by atoms with Crippen molar-refractivity contribution in [3.05, 3.63) is 34.2 Å². The fourth-order valence-electron chi connectivity index (χ4n) is 1.84. The number of ether oxygens (including phenoxy) is 1. The number of rotatable bonds is 8. The topological polar surface area (TPSA) is 59.9 Å². The Labute approximate surface area is 129 Å². The summed E-state index contributed by atoms with van der Waals surface area (Å²) in [5.41, 5.74) is 3.86. The van der Waals surface area contributed by atoms with E-state index in [-0.39, 0.29) is 0 Å². The van der Waals surface area contributed by atoms with E-state index >= 15 is 0 Å². The molecule has 0 saturated carbocycles. The van der Waals surface area contributed by atoms with E-state index in [0.717, 1.165) is 30.9 Å². The van der Waals surface area contributed by atoms with E-state index in [0.29, 0.717) is 18.4 Å². The van der Waals surface area contributed by atoms with Crippen LogP contribution in [0.15, 0.2) is 17.9 Å². The van der Waals surface area contributed by atoms with Crippen LogP contribution < -0.4 is 10.1 Å². The summed E-state index contributed by atoms with van der Waals surface area (Å²) < 4.78 is 5.68. The van der Waals surface area contributed by atoms with Crippen molar-refractivity contribution >= 4 is 11.3 Å². The van der Waals surface area contributed by atoms with Crippen LogP contribution in [0.5, 0.6) is 5.88 Å². The van der Waals surface area contributed by atoms with E-state index in [1.54, 1.807) is 23.7 Å². The highest BCUT2D eigenvalue weighted by Crippen LogP contribution is 2.13. The maximum atomic E-state index is 5.68. The third-order valence-electron chi connectivity index (χ3n) is 2.94. The molecule has 0 bridgehead atoms. The van der Waals surface area contributed by atoms with Gasteiger partial charge in [-0.25, -0.2) is 9.97 Å². The van der Waals surface area contributed by atoms with Crippen LogP contribution in [0.4, 0.5) is 0 Å². The SMILES string of the molecule is Cc1ncsc1CCOc1cncc(CNCC(C)C)n1. The zero-order valence-corrected chi connectivity index (χ0v) is 13.6. The summed E-state index contributed by atoms with van der Waals surface area (Å²) in [4.78, 5) is 14.1. The quantitative estimate of drug-likeness (QED) is 0.812. The molecule has 0 aliphatic heterocycles. The van der Waals surface area contributed by atoms with Crippen LogP contribution in [-0.2, 0) is 13.0 Å². The molecule has 0 fully saturated rings. The van der Waals surface area contributed by atoms with Crippen LogP contribution in [0.1, 0.15) is 30.1 Å². The molecule has 0 aromatic carbocycles. The molecule has 0 amide bonds. The lowest BCUT2D eigenvalue weighted by Gasteiger charge is -2.08. The molecule has 6 heteroatoms. The lowest BCUT2D eigenvalue weighted by Crippen LogP contribution is -2.19. The van der Waals surface area contributed by atoms with Crippen molar-refractivity contribution in [3.8, 4) is 5.88 Å². The van der Waals surface area contributed by atoms with Gasteiger partial charge in [0.25, 0.3) is 0 Å². The summed E-state index contributed by atoms with van der Waals surface area (Å²) in [6.45, 7) is 8.67. The summed E-state index contributed by atoms with van der Waals surface area (Å²) in [6, 6.07) is 0. The fourth-order valence-corrected chi connectivity index (χ4v) is 2.61. The van der Waals surface area contributed by atoms with Crippen LogP contribution in [-0.4, -0.2) is 28.1 Å². The largest absolute Gasteiger partial charge is 0.476 e. The molecule has 2 aromatic heterocycles. The molecule has 0 aliphatic carbocycles. The molecule has 0 spiro atoms. The van der Waals surface area contributed by atoms with E-state index in [9.17, 15) is 0 Å². The summed E-state index contributed by atoms with van der Waals surface area (Å²) in [6.07, 6.45) is 4.28. The zero-order chi connectivity index (χ0) is 15.1. The maximum absolute atomic E-state index is 5.68. The molecule has 2 rings (SSSR count). The van der Waals surface area contributed by atoms with Gasteiger partial charge in [-0.2, -0.15) is 0 Å². The first-order valence-electron chi connectivity index (χ1n) is 7.18. The standard InChI is InChI=1S/C15H22N4OS/c1-11(2)6-16-7-13-8-17-9-15(19-13)20-5-4-14-12(3)18-10-21-14/h8-11,16H,4-7H2,1-3H3. The molecule has 114 valence electrons. The summed E-state index contributed by atoms with van der Waals surface area (Å²) in [7, 11) is 0. The number of hydrogen-bond acceptors (Lipinski definition) is 6. The Morgan fingerprint density at radius 2 is 2.19 bits per heavy atom. The lowest BCUT2D eigenvalue weighted by atomic mass is 10.2. The smallest absolute Gasteiger partial charge is 0.232 e. The van der Waals surface area contributed by atoms with Crippen LogP contribution in [0, 0.1) is 12.8 Å². The fraction of sp³-hybridized carbons (Fsp3) is 0.533. The molecule has 0 radical (unpaired) electrons. The second kappa shape index (κ2) is 8.05. The molecule has 21 heavy (non-hydrogen) atoms. The number of nitrogens with zero attached hydrogens (tertiary/aromatic N) is 3. The number of nitrogens with one attached hydrogen (secondary N) is 1. The minimum atomic E-state index is 0.584. The van der Waals surface area contributed by atoms with Crippen LogP contribution in [0.2, 0.25) is 0 Å². The van der Waals surface area contributed by atoms with E-state index < -0.39 is 0 Å². The molecular weight excluding hydrogens is 284 g/mol. The third-order valence-corrected chi connectivity index (χ3v) is 3.94. The lowest BCUT2D eigenvalue weighted by molar-refractivity contribution is 0.307. The molecule has 5 nitrogen and oxygen atoms in total. The normalized spacial score (nSPS) is 11.0. The van der Waals surface area contributed by atoms with Gasteiger partial charge in [-0.1, -0.05) is 13.8 Å². The van der Waals surface area contributed by atoms with Gasteiger partial charge in [-0.15, -0.1) is 11.3 Å². The Bertz CT molecular complexity index is 556. The van der Waals surface area contributed by atoms with E-state index in [1.165, 1.54) is 4.88 Å². The predicted molar refractivity (Wildman–Crippen MR) is 84.6 cm³/mol. The van der Waals surface area contributed by atoms with E-state index in [2.05, 4.69) is 34.1 Å². The van der Waals surface area contributed by atoms with Crippen molar-refractivity contribution in [2.45, 2.75) is 33.7 Å². The van der Waals surface area contributed by atoms with Gasteiger partial charge >= 0.3 is 0 Å². The zero-order valence-electron chi connectivity index (χ0n) is 12.8. The van der Waals surface area contributed by atoms with Gasteiger partial charge in [0.1, 0.15) is 0 Å². The molecule has 0 unspecified atom stereocenters.